The molecule has 0 unspecified atom stereocenters. The van der Waals surface area contributed by atoms with Gasteiger partial charge in [-0.15, -0.1) is 6.58 Å². The summed E-state index contributed by atoms with van der Waals surface area (Å²) in [6.07, 6.45) is 8.23. The normalized spacial score (nSPS) is 31.7. The molecule has 1 nitrogen and oxygen atoms in total. The standard InChI is InChI=1S/C10H18O/c1-2-5-9-6-3-4-7-10(9)8-11/h2,9-11H,1,3-8H2/t9-,10+/m0/s1. The Balaban J connectivity index is 2.37. The van der Waals surface area contributed by atoms with Crippen molar-refractivity contribution in [3.8, 4) is 0 Å². The van der Waals surface area contributed by atoms with Crippen LogP contribution >= 0.6 is 0 Å². The van der Waals surface area contributed by atoms with Gasteiger partial charge in [0.15, 0.2) is 0 Å². The van der Waals surface area contributed by atoms with Crippen LogP contribution in [0.4, 0.5) is 0 Å². The minimum atomic E-state index is 0.374. The van der Waals surface area contributed by atoms with Gasteiger partial charge in [0.25, 0.3) is 0 Å². The second kappa shape index (κ2) is 4.55. The Morgan fingerprint density at radius 2 is 1.91 bits per heavy atom. The van der Waals surface area contributed by atoms with E-state index in [0.717, 1.165) is 6.42 Å². The quantitative estimate of drug-likeness (QED) is 0.619. The summed E-state index contributed by atoms with van der Waals surface area (Å²) in [7, 11) is 0. The van der Waals surface area contributed by atoms with Gasteiger partial charge in [0, 0.05) is 6.61 Å². The SMILES string of the molecule is C=CC[C@H]1CCCC[C@@H]1CO. The van der Waals surface area contributed by atoms with Crippen LogP contribution < -0.4 is 0 Å². The fourth-order valence-electron chi connectivity index (χ4n) is 2.05. The molecule has 64 valence electrons. The minimum Gasteiger partial charge on any atom is -0.396 e. The van der Waals surface area contributed by atoms with Crippen molar-refractivity contribution in [3.05, 3.63) is 12.7 Å². The van der Waals surface area contributed by atoms with Gasteiger partial charge in [-0.05, 0) is 31.1 Å². The van der Waals surface area contributed by atoms with Crippen molar-refractivity contribution in [2.24, 2.45) is 11.8 Å². The van der Waals surface area contributed by atoms with Gasteiger partial charge in [0.1, 0.15) is 0 Å². The summed E-state index contributed by atoms with van der Waals surface area (Å²) in [5.41, 5.74) is 0. The van der Waals surface area contributed by atoms with Crippen molar-refractivity contribution in [1.82, 2.24) is 0 Å². The third-order valence-corrected chi connectivity index (χ3v) is 2.77. The molecule has 0 heterocycles. The minimum absolute atomic E-state index is 0.374. The van der Waals surface area contributed by atoms with Crippen LogP contribution in [-0.2, 0) is 0 Å². The molecule has 1 aliphatic rings. The number of allylic oxidation sites excluding steroid dienone is 1. The summed E-state index contributed by atoms with van der Waals surface area (Å²) in [4.78, 5) is 0. The Kier molecular flexibility index (Phi) is 3.64. The first-order chi connectivity index (χ1) is 5.38. The van der Waals surface area contributed by atoms with Crippen molar-refractivity contribution in [2.45, 2.75) is 32.1 Å². The van der Waals surface area contributed by atoms with E-state index in [1.807, 2.05) is 6.08 Å². The van der Waals surface area contributed by atoms with Gasteiger partial charge in [0.2, 0.25) is 0 Å². The fourth-order valence-corrected chi connectivity index (χ4v) is 2.05. The highest BCUT2D eigenvalue weighted by atomic mass is 16.3. The van der Waals surface area contributed by atoms with E-state index in [4.69, 9.17) is 5.11 Å². The summed E-state index contributed by atoms with van der Waals surface area (Å²) in [5.74, 6) is 1.27. The van der Waals surface area contributed by atoms with E-state index in [9.17, 15) is 0 Å². The number of hydrogen-bond donors (Lipinski definition) is 1. The third-order valence-electron chi connectivity index (χ3n) is 2.77. The molecule has 1 heteroatoms. The maximum Gasteiger partial charge on any atom is 0.0462 e. The predicted molar refractivity (Wildman–Crippen MR) is 47.3 cm³/mol. The van der Waals surface area contributed by atoms with Gasteiger partial charge in [-0.2, -0.15) is 0 Å². The molecule has 0 spiro atoms. The number of aliphatic hydroxyl groups is 1. The molecule has 1 aliphatic carbocycles. The van der Waals surface area contributed by atoms with E-state index >= 15 is 0 Å². The molecule has 0 aromatic rings. The number of rotatable bonds is 3. The smallest absolute Gasteiger partial charge is 0.0462 e. The van der Waals surface area contributed by atoms with Crippen molar-refractivity contribution < 1.29 is 5.11 Å². The van der Waals surface area contributed by atoms with Crippen LogP contribution in [0.25, 0.3) is 0 Å². The van der Waals surface area contributed by atoms with Crippen LogP contribution in [0.15, 0.2) is 12.7 Å². The topological polar surface area (TPSA) is 20.2 Å². The lowest BCUT2D eigenvalue weighted by Gasteiger charge is -2.29. The van der Waals surface area contributed by atoms with Gasteiger partial charge in [-0.1, -0.05) is 18.9 Å². The second-order valence-corrected chi connectivity index (χ2v) is 3.51. The molecule has 1 fully saturated rings. The Bertz CT molecular complexity index is 120. The van der Waals surface area contributed by atoms with Gasteiger partial charge in [0.05, 0.1) is 0 Å². The molecule has 1 saturated carbocycles. The zero-order valence-electron chi connectivity index (χ0n) is 7.13. The molecule has 0 amide bonds. The highest BCUT2D eigenvalue weighted by molar-refractivity contribution is 4.81. The van der Waals surface area contributed by atoms with Crippen molar-refractivity contribution in [1.29, 1.82) is 0 Å². The van der Waals surface area contributed by atoms with E-state index in [-0.39, 0.29) is 0 Å². The molecular formula is C10H18O. The summed E-state index contributed by atoms with van der Waals surface area (Å²) < 4.78 is 0. The van der Waals surface area contributed by atoms with Crippen molar-refractivity contribution >= 4 is 0 Å². The Hall–Kier alpha value is -0.300. The van der Waals surface area contributed by atoms with E-state index in [1.54, 1.807) is 0 Å². The average Bonchev–Trinajstić information content (AvgIpc) is 2.06. The molecule has 11 heavy (non-hydrogen) atoms. The first kappa shape index (κ1) is 8.79. The first-order valence-corrected chi connectivity index (χ1v) is 4.60. The molecular weight excluding hydrogens is 136 g/mol. The summed E-state index contributed by atoms with van der Waals surface area (Å²) >= 11 is 0. The van der Waals surface area contributed by atoms with Gasteiger partial charge < -0.3 is 5.11 Å². The van der Waals surface area contributed by atoms with E-state index in [0.29, 0.717) is 18.4 Å². The number of hydrogen-bond acceptors (Lipinski definition) is 1. The van der Waals surface area contributed by atoms with E-state index in [2.05, 4.69) is 6.58 Å². The van der Waals surface area contributed by atoms with E-state index in [1.165, 1.54) is 25.7 Å². The van der Waals surface area contributed by atoms with Crippen LogP contribution in [0.1, 0.15) is 32.1 Å². The summed E-state index contributed by atoms with van der Waals surface area (Å²) in [6, 6.07) is 0. The molecule has 0 aromatic carbocycles. The zero-order chi connectivity index (χ0) is 8.10. The largest absolute Gasteiger partial charge is 0.396 e. The molecule has 0 aromatic heterocycles. The van der Waals surface area contributed by atoms with Crippen LogP contribution in [0.2, 0.25) is 0 Å². The van der Waals surface area contributed by atoms with Gasteiger partial charge >= 0.3 is 0 Å². The van der Waals surface area contributed by atoms with E-state index < -0.39 is 0 Å². The second-order valence-electron chi connectivity index (χ2n) is 3.51. The fraction of sp³-hybridized carbons (Fsp3) is 0.800. The van der Waals surface area contributed by atoms with Crippen LogP contribution in [0, 0.1) is 11.8 Å². The van der Waals surface area contributed by atoms with Crippen molar-refractivity contribution in [2.75, 3.05) is 6.61 Å². The van der Waals surface area contributed by atoms with Crippen LogP contribution in [-0.4, -0.2) is 11.7 Å². The van der Waals surface area contributed by atoms with Gasteiger partial charge in [-0.3, -0.25) is 0 Å². The molecule has 1 N–H and O–H groups in total. The molecule has 0 bridgehead atoms. The maximum atomic E-state index is 9.05. The zero-order valence-corrected chi connectivity index (χ0v) is 7.13. The lowest BCUT2D eigenvalue weighted by atomic mass is 9.78. The Labute approximate surface area is 69.1 Å². The van der Waals surface area contributed by atoms with Crippen LogP contribution in [0.3, 0.4) is 0 Å². The average molecular weight is 154 g/mol. The Morgan fingerprint density at radius 1 is 1.27 bits per heavy atom. The summed E-state index contributed by atoms with van der Waals surface area (Å²) in [6.45, 7) is 4.12. The highest BCUT2D eigenvalue weighted by Gasteiger charge is 2.22. The first-order valence-electron chi connectivity index (χ1n) is 4.60. The molecule has 0 saturated heterocycles. The lowest BCUT2D eigenvalue weighted by Crippen LogP contribution is -2.21. The number of aliphatic hydroxyl groups excluding tert-OH is 1. The maximum absolute atomic E-state index is 9.05. The molecule has 0 aliphatic heterocycles. The highest BCUT2D eigenvalue weighted by Crippen LogP contribution is 2.31. The summed E-state index contributed by atoms with van der Waals surface area (Å²) in [5, 5.41) is 9.05. The van der Waals surface area contributed by atoms with Gasteiger partial charge in [-0.25, -0.2) is 0 Å². The van der Waals surface area contributed by atoms with Crippen LogP contribution in [0.5, 0.6) is 0 Å². The third kappa shape index (κ3) is 2.33. The molecule has 0 radical (unpaired) electrons. The monoisotopic (exact) mass is 154 g/mol. The predicted octanol–water partition coefficient (Wildman–Crippen LogP) is 2.36. The lowest BCUT2D eigenvalue weighted by molar-refractivity contribution is 0.136. The Morgan fingerprint density at radius 3 is 2.45 bits per heavy atom. The molecule has 1 rings (SSSR count). The van der Waals surface area contributed by atoms with Crippen molar-refractivity contribution in [3.63, 3.8) is 0 Å². The molecule has 2 atom stereocenters.